The summed E-state index contributed by atoms with van der Waals surface area (Å²) < 4.78 is 0. The van der Waals surface area contributed by atoms with Crippen molar-refractivity contribution in [3.63, 3.8) is 0 Å². The number of nitrogens with one attached hydrogen (secondary N) is 2. The maximum absolute atomic E-state index is 12.2. The number of amides is 2. The number of halogens is 1. The summed E-state index contributed by atoms with van der Waals surface area (Å²) in [6, 6.07) is 13.1. The molecular formula is C22H26ClN3O2. The van der Waals surface area contributed by atoms with Crippen LogP contribution >= 0.6 is 11.6 Å². The predicted molar refractivity (Wildman–Crippen MR) is 115 cm³/mol. The molecule has 1 aliphatic rings. The molecule has 28 heavy (non-hydrogen) atoms. The molecule has 0 aromatic heterocycles. The van der Waals surface area contributed by atoms with Crippen molar-refractivity contribution in [1.82, 2.24) is 0 Å². The molecule has 2 aromatic rings. The fourth-order valence-corrected chi connectivity index (χ4v) is 3.49. The molecule has 0 bridgehead atoms. The number of hydrogen-bond donors (Lipinski definition) is 2. The monoisotopic (exact) mass is 399 g/mol. The first-order valence-electron chi connectivity index (χ1n) is 9.62. The Kier molecular flexibility index (Phi) is 6.57. The van der Waals surface area contributed by atoms with E-state index in [-0.39, 0.29) is 18.2 Å². The lowest BCUT2D eigenvalue weighted by atomic mass is 9.99. The highest BCUT2D eigenvalue weighted by Gasteiger charge is 2.16. The van der Waals surface area contributed by atoms with E-state index in [4.69, 9.17) is 11.6 Å². The lowest BCUT2D eigenvalue weighted by molar-refractivity contribution is -0.123. The van der Waals surface area contributed by atoms with Gasteiger partial charge in [0.2, 0.25) is 11.8 Å². The molecule has 3 rings (SSSR count). The van der Waals surface area contributed by atoms with Crippen molar-refractivity contribution in [2.45, 2.75) is 33.1 Å². The van der Waals surface area contributed by atoms with Gasteiger partial charge in [-0.2, -0.15) is 0 Å². The van der Waals surface area contributed by atoms with E-state index >= 15 is 0 Å². The van der Waals surface area contributed by atoms with Crippen molar-refractivity contribution in [3.8, 4) is 0 Å². The minimum Gasteiger partial charge on any atom is -0.372 e. The smallest absolute Gasteiger partial charge is 0.233 e. The van der Waals surface area contributed by atoms with Crippen LogP contribution in [0.15, 0.2) is 42.5 Å². The van der Waals surface area contributed by atoms with E-state index in [1.54, 1.807) is 18.2 Å². The van der Waals surface area contributed by atoms with E-state index in [9.17, 15) is 9.59 Å². The van der Waals surface area contributed by atoms with Gasteiger partial charge in [0.15, 0.2) is 0 Å². The molecule has 0 spiro atoms. The van der Waals surface area contributed by atoms with E-state index in [0.717, 1.165) is 24.6 Å². The van der Waals surface area contributed by atoms with Gasteiger partial charge in [-0.3, -0.25) is 9.59 Å². The third-order valence-electron chi connectivity index (χ3n) is 5.16. The first-order valence-corrected chi connectivity index (χ1v) is 10.00. The summed E-state index contributed by atoms with van der Waals surface area (Å²) in [6.45, 7) is 6.24. The highest BCUT2D eigenvalue weighted by Crippen LogP contribution is 2.25. The molecule has 6 heteroatoms. The first kappa shape index (κ1) is 20.2. The SMILES string of the molecule is Cc1c(Cl)cccc1NC(=O)CC(=O)Nc1ccc(N2CCC(C)CC2)cc1. The van der Waals surface area contributed by atoms with Gasteiger partial charge in [-0.05, 0) is 67.6 Å². The molecule has 2 amide bonds. The van der Waals surface area contributed by atoms with Crippen LogP contribution in [-0.2, 0) is 9.59 Å². The fraction of sp³-hybridized carbons (Fsp3) is 0.364. The summed E-state index contributed by atoms with van der Waals surface area (Å²) in [6.07, 6.45) is 2.16. The maximum Gasteiger partial charge on any atom is 0.233 e. The van der Waals surface area contributed by atoms with Gasteiger partial charge in [0.05, 0.1) is 0 Å². The number of carbonyl (C=O) groups excluding carboxylic acids is 2. The number of hydrogen-bond acceptors (Lipinski definition) is 3. The van der Waals surface area contributed by atoms with Crippen LogP contribution in [0.2, 0.25) is 5.02 Å². The number of nitrogens with zero attached hydrogens (tertiary/aromatic N) is 1. The van der Waals surface area contributed by atoms with Crippen LogP contribution in [0.3, 0.4) is 0 Å². The minimum absolute atomic E-state index is 0.252. The fourth-order valence-electron chi connectivity index (χ4n) is 3.31. The summed E-state index contributed by atoms with van der Waals surface area (Å²) in [5, 5.41) is 6.08. The normalized spacial score (nSPS) is 14.6. The molecule has 0 saturated carbocycles. The quantitative estimate of drug-likeness (QED) is 0.706. The van der Waals surface area contributed by atoms with Gasteiger partial charge < -0.3 is 15.5 Å². The molecular weight excluding hydrogens is 374 g/mol. The molecule has 148 valence electrons. The lowest BCUT2D eigenvalue weighted by Crippen LogP contribution is -2.32. The van der Waals surface area contributed by atoms with Crippen LogP contribution in [0.1, 0.15) is 31.7 Å². The van der Waals surface area contributed by atoms with E-state index in [1.165, 1.54) is 18.5 Å². The zero-order valence-electron chi connectivity index (χ0n) is 16.3. The summed E-state index contributed by atoms with van der Waals surface area (Å²) in [5.74, 6) is 0.0651. The second-order valence-corrected chi connectivity index (χ2v) is 7.81. The van der Waals surface area contributed by atoms with Gasteiger partial charge in [0.1, 0.15) is 6.42 Å². The average molecular weight is 400 g/mol. The molecule has 0 aliphatic carbocycles. The number of piperidine rings is 1. The number of rotatable bonds is 5. The highest BCUT2D eigenvalue weighted by atomic mass is 35.5. The third-order valence-corrected chi connectivity index (χ3v) is 5.57. The Morgan fingerprint density at radius 1 is 1.04 bits per heavy atom. The van der Waals surface area contributed by atoms with Crippen molar-refractivity contribution in [2.75, 3.05) is 28.6 Å². The molecule has 5 nitrogen and oxygen atoms in total. The summed E-state index contributed by atoms with van der Waals surface area (Å²) in [4.78, 5) is 26.7. The van der Waals surface area contributed by atoms with Crippen LogP contribution in [0, 0.1) is 12.8 Å². The Morgan fingerprint density at radius 2 is 1.68 bits per heavy atom. The van der Waals surface area contributed by atoms with Gasteiger partial charge in [0, 0.05) is 35.2 Å². The molecule has 0 radical (unpaired) electrons. The largest absolute Gasteiger partial charge is 0.372 e. The second-order valence-electron chi connectivity index (χ2n) is 7.40. The van der Waals surface area contributed by atoms with E-state index in [1.807, 2.05) is 31.2 Å². The third kappa shape index (κ3) is 5.26. The van der Waals surface area contributed by atoms with Gasteiger partial charge in [-0.1, -0.05) is 24.6 Å². The first-order chi connectivity index (χ1) is 13.4. The summed E-state index contributed by atoms with van der Waals surface area (Å²) >= 11 is 6.05. The molecule has 0 atom stereocenters. The molecule has 1 aliphatic heterocycles. The Hall–Kier alpha value is -2.53. The Bertz CT molecular complexity index is 843. The molecule has 0 unspecified atom stereocenters. The predicted octanol–water partition coefficient (Wildman–Crippen LogP) is 4.85. The van der Waals surface area contributed by atoms with Crippen LogP contribution in [0.4, 0.5) is 17.1 Å². The van der Waals surface area contributed by atoms with E-state index in [2.05, 4.69) is 22.5 Å². The van der Waals surface area contributed by atoms with Crippen LogP contribution in [-0.4, -0.2) is 24.9 Å². The molecule has 1 saturated heterocycles. The summed E-state index contributed by atoms with van der Waals surface area (Å²) in [7, 11) is 0. The van der Waals surface area contributed by atoms with Crippen LogP contribution in [0.25, 0.3) is 0 Å². The Morgan fingerprint density at radius 3 is 2.36 bits per heavy atom. The molecule has 2 N–H and O–H groups in total. The van der Waals surface area contributed by atoms with Crippen molar-refractivity contribution in [3.05, 3.63) is 53.1 Å². The van der Waals surface area contributed by atoms with Gasteiger partial charge >= 0.3 is 0 Å². The van der Waals surface area contributed by atoms with Gasteiger partial charge in [-0.25, -0.2) is 0 Å². The van der Waals surface area contributed by atoms with Crippen LogP contribution < -0.4 is 15.5 Å². The highest BCUT2D eigenvalue weighted by molar-refractivity contribution is 6.31. The second kappa shape index (κ2) is 9.11. The van der Waals surface area contributed by atoms with Gasteiger partial charge in [-0.15, -0.1) is 0 Å². The van der Waals surface area contributed by atoms with Crippen molar-refractivity contribution in [1.29, 1.82) is 0 Å². The zero-order valence-corrected chi connectivity index (χ0v) is 17.1. The maximum atomic E-state index is 12.2. The standard InChI is InChI=1S/C22H26ClN3O2/c1-15-10-12-26(13-11-15)18-8-6-17(7-9-18)24-21(27)14-22(28)25-20-5-3-4-19(23)16(20)2/h3-9,15H,10-14H2,1-2H3,(H,24,27)(H,25,28). The lowest BCUT2D eigenvalue weighted by Gasteiger charge is -2.32. The van der Waals surface area contributed by atoms with E-state index in [0.29, 0.717) is 16.4 Å². The number of anilines is 3. The van der Waals surface area contributed by atoms with Crippen LogP contribution in [0.5, 0.6) is 0 Å². The zero-order chi connectivity index (χ0) is 20.1. The minimum atomic E-state index is -0.373. The molecule has 1 fully saturated rings. The van der Waals surface area contributed by atoms with Crippen molar-refractivity contribution < 1.29 is 9.59 Å². The van der Waals surface area contributed by atoms with E-state index < -0.39 is 0 Å². The Labute approximate surface area is 171 Å². The summed E-state index contributed by atoms with van der Waals surface area (Å²) in [5.41, 5.74) is 3.25. The van der Waals surface area contributed by atoms with Crippen molar-refractivity contribution in [2.24, 2.45) is 5.92 Å². The number of carbonyl (C=O) groups is 2. The molecule has 2 aromatic carbocycles. The number of benzene rings is 2. The van der Waals surface area contributed by atoms with Crippen molar-refractivity contribution >= 4 is 40.5 Å². The molecule has 1 heterocycles. The topological polar surface area (TPSA) is 61.4 Å². The van der Waals surface area contributed by atoms with Gasteiger partial charge in [0.25, 0.3) is 0 Å². The Balaban J connectivity index is 1.51. The average Bonchev–Trinajstić information content (AvgIpc) is 2.66.